The third kappa shape index (κ3) is 3.90. The lowest BCUT2D eigenvalue weighted by Crippen LogP contribution is -2.35. The van der Waals surface area contributed by atoms with Crippen molar-refractivity contribution in [1.29, 1.82) is 0 Å². The minimum atomic E-state index is -0.0744. The van der Waals surface area contributed by atoms with E-state index in [0.29, 0.717) is 0 Å². The van der Waals surface area contributed by atoms with Gasteiger partial charge in [0.25, 0.3) is 0 Å². The second-order valence-electron chi connectivity index (χ2n) is 5.83. The van der Waals surface area contributed by atoms with Crippen molar-refractivity contribution >= 4 is 11.6 Å². The van der Waals surface area contributed by atoms with E-state index < -0.39 is 0 Å². The molecule has 1 unspecified atom stereocenters. The number of ether oxygens (including phenoxy) is 1. The molecular weight excluding hydrogens is 288 g/mol. The van der Waals surface area contributed by atoms with Crippen LogP contribution in [0.4, 0.5) is 5.69 Å². The van der Waals surface area contributed by atoms with Crippen LogP contribution in [0.15, 0.2) is 48.5 Å². The minimum Gasteiger partial charge on any atom is -0.496 e. The fraction of sp³-hybridized carbons (Fsp3) is 0.316. The third-order valence-electron chi connectivity index (χ3n) is 4.16. The topological polar surface area (TPSA) is 50.4 Å². The van der Waals surface area contributed by atoms with Gasteiger partial charge in [-0.3, -0.25) is 4.79 Å². The summed E-state index contributed by atoms with van der Waals surface area (Å²) in [5, 5.41) is 6.22. The maximum absolute atomic E-state index is 12.2. The van der Waals surface area contributed by atoms with E-state index >= 15 is 0 Å². The molecule has 120 valence electrons. The molecule has 0 saturated carbocycles. The van der Waals surface area contributed by atoms with Crippen LogP contribution in [0.5, 0.6) is 5.75 Å². The van der Waals surface area contributed by atoms with Crippen LogP contribution in [0, 0.1) is 0 Å². The molecule has 1 amide bonds. The molecular formula is C19H22N2O2. The van der Waals surface area contributed by atoms with Gasteiger partial charge in [-0.25, -0.2) is 0 Å². The Bertz CT molecular complexity index is 664. The molecule has 1 atom stereocenters. The number of hydrogen-bond acceptors (Lipinski definition) is 3. The SMILES string of the molecule is COc1ccc(NC(=O)C2CCCN2)cc1Cc1ccccc1. The van der Waals surface area contributed by atoms with Crippen LogP contribution in [0.2, 0.25) is 0 Å². The average molecular weight is 310 g/mol. The molecule has 4 heteroatoms. The highest BCUT2D eigenvalue weighted by Gasteiger charge is 2.22. The van der Waals surface area contributed by atoms with Crippen molar-refractivity contribution in [1.82, 2.24) is 5.32 Å². The predicted octanol–water partition coefficient (Wildman–Crippen LogP) is 2.98. The highest BCUT2D eigenvalue weighted by Crippen LogP contribution is 2.25. The number of benzene rings is 2. The number of methoxy groups -OCH3 is 1. The molecule has 2 N–H and O–H groups in total. The first-order valence-corrected chi connectivity index (χ1v) is 8.01. The van der Waals surface area contributed by atoms with Crippen molar-refractivity contribution in [2.45, 2.75) is 25.3 Å². The van der Waals surface area contributed by atoms with E-state index in [1.165, 1.54) is 5.56 Å². The number of hydrogen-bond donors (Lipinski definition) is 2. The van der Waals surface area contributed by atoms with Crippen LogP contribution in [0.1, 0.15) is 24.0 Å². The van der Waals surface area contributed by atoms with Crippen molar-refractivity contribution in [3.8, 4) is 5.75 Å². The molecule has 2 aromatic carbocycles. The van der Waals surface area contributed by atoms with Gasteiger partial charge in [-0.2, -0.15) is 0 Å². The molecule has 0 bridgehead atoms. The largest absolute Gasteiger partial charge is 0.496 e. The van der Waals surface area contributed by atoms with Crippen LogP contribution < -0.4 is 15.4 Å². The third-order valence-corrected chi connectivity index (χ3v) is 4.16. The van der Waals surface area contributed by atoms with Crippen molar-refractivity contribution < 1.29 is 9.53 Å². The maximum Gasteiger partial charge on any atom is 0.241 e. The quantitative estimate of drug-likeness (QED) is 0.892. The van der Waals surface area contributed by atoms with Gasteiger partial charge in [-0.1, -0.05) is 30.3 Å². The Morgan fingerprint density at radius 3 is 2.78 bits per heavy atom. The van der Waals surface area contributed by atoms with Crippen LogP contribution in [-0.2, 0) is 11.2 Å². The summed E-state index contributed by atoms with van der Waals surface area (Å²) in [6.07, 6.45) is 2.73. The summed E-state index contributed by atoms with van der Waals surface area (Å²) in [5.74, 6) is 0.879. The molecule has 0 spiro atoms. The van der Waals surface area contributed by atoms with Gasteiger partial charge < -0.3 is 15.4 Å². The van der Waals surface area contributed by atoms with Gasteiger partial charge in [0.2, 0.25) is 5.91 Å². The van der Waals surface area contributed by atoms with E-state index in [-0.39, 0.29) is 11.9 Å². The Labute approximate surface area is 136 Å². The standard InChI is InChI=1S/C19H22N2O2/c1-23-18-10-9-16(21-19(22)17-8-5-11-20-17)13-15(18)12-14-6-3-2-4-7-14/h2-4,6-7,9-10,13,17,20H,5,8,11-12H2,1H3,(H,21,22). The summed E-state index contributed by atoms with van der Waals surface area (Å²) in [4.78, 5) is 12.2. The second kappa shape index (κ2) is 7.29. The monoisotopic (exact) mass is 310 g/mol. The molecule has 0 aromatic heterocycles. The van der Waals surface area contributed by atoms with Crippen molar-refractivity contribution in [2.75, 3.05) is 19.0 Å². The van der Waals surface area contributed by atoms with Gasteiger partial charge in [0.15, 0.2) is 0 Å². The van der Waals surface area contributed by atoms with E-state index in [9.17, 15) is 4.79 Å². The Morgan fingerprint density at radius 2 is 2.09 bits per heavy atom. The molecule has 0 aliphatic carbocycles. The van der Waals surface area contributed by atoms with Gasteiger partial charge in [0, 0.05) is 17.7 Å². The average Bonchev–Trinajstić information content (AvgIpc) is 3.11. The highest BCUT2D eigenvalue weighted by atomic mass is 16.5. The van der Waals surface area contributed by atoms with E-state index in [1.54, 1.807) is 7.11 Å². The van der Waals surface area contributed by atoms with Gasteiger partial charge in [0.1, 0.15) is 5.75 Å². The van der Waals surface area contributed by atoms with E-state index in [2.05, 4.69) is 22.8 Å². The molecule has 1 aliphatic rings. The molecule has 1 saturated heterocycles. The number of nitrogens with one attached hydrogen (secondary N) is 2. The molecule has 1 heterocycles. The second-order valence-corrected chi connectivity index (χ2v) is 5.83. The molecule has 23 heavy (non-hydrogen) atoms. The smallest absolute Gasteiger partial charge is 0.241 e. The molecule has 2 aromatic rings. The fourth-order valence-corrected chi connectivity index (χ4v) is 2.95. The fourth-order valence-electron chi connectivity index (χ4n) is 2.95. The minimum absolute atomic E-state index is 0.0401. The van der Waals surface area contributed by atoms with Crippen LogP contribution in [0.25, 0.3) is 0 Å². The normalized spacial score (nSPS) is 17.0. The van der Waals surface area contributed by atoms with E-state index in [4.69, 9.17) is 4.74 Å². The Kier molecular flexibility index (Phi) is 4.93. The van der Waals surface area contributed by atoms with Crippen molar-refractivity contribution in [3.05, 3.63) is 59.7 Å². The zero-order chi connectivity index (χ0) is 16.1. The number of carbonyl (C=O) groups excluding carboxylic acids is 1. The lowest BCUT2D eigenvalue weighted by Gasteiger charge is -2.14. The Morgan fingerprint density at radius 1 is 1.26 bits per heavy atom. The molecule has 0 radical (unpaired) electrons. The van der Waals surface area contributed by atoms with Crippen LogP contribution >= 0.6 is 0 Å². The lowest BCUT2D eigenvalue weighted by molar-refractivity contribution is -0.117. The number of amides is 1. The van der Waals surface area contributed by atoms with Gasteiger partial charge >= 0.3 is 0 Å². The zero-order valence-electron chi connectivity index (χ0n) is 13.3. The molecule has 1 fully saturated rings. The molecule has 1 aliphatic heterocycles. The van der Waals surface area contributed by atoms with Crippen LogP contribution in [-0.4, -0.2) is 25.6 Å². The van der Waals surface area contributed by atoms with E-state index in [0.717, 1.165) is 42.8 Å². The van der Waals surface area contributed by atoms with Crippen molar-refractivity contribution in [2.24, 2.45) is 0 Å². The van der Waals surface area contributed by atoms with Gasteiger partial charge in [0.05, 0.1) is 13.2 Å². The van der Waals surface area contributed by atoms with E-state index in [1.807, 2.05) is 36.4 Å². The maximum atomic E-state index is 12.2. The highest BCUT2D eigenvalue weighted by molar-refractivity contribution is 5.95. The first-order chi connectivity index (χ1) is 11.3. The number of carbonyl (C=O) groups is 1. The first kappa shape index (κ1) is 15.6. The summed E-state index contributed by atoms with van der Waals surface area (Å²) in [6, 6.07) is 16.0. The molecule has 4 nitrogen and oxygen atoms in total. The van der Waals surface area contributed by atoms with Gasteiger partial charge in [-0.15, -0.1) is 0 Å². The van der Waals surface area contributed by atoms with Gasteiger partial charge in [-0.05, 0) is 43.1 Å². The summed E-state index contributed by atoms with van der Waals surface area (Å²) >= 11 is 0. The zero-order valence-corrected chi connectivity index (χ0v) is 13.3. The number of anilines is 1. The van der Waals surface area contributed by atoms with Crippen LogP contribution in [0.3, 0.4) is 0 Å². The predicted molar refractivity (Wildman–Crippen MR) is 91.9 cm³/mol. The summed E-state index contributed by atoms with van der Waals surface area (Å²) < 4.78 is 5.45. The Hall–Kier alpha value is -2.33. The summed E-state index contributed by atoms with van der Waals surface area (Å²) in [6.45, 7) is 0.917. The van der Waals surface area contributed by atoms with Crippen molar-refractivity contribution in [3.63, 3.8) is 0 Å². The lowest BCUT2D eigenvalue weighted by atomic mass is 10.0. The number of rotatable bonds is 5. The summed E-state index contributed by atoms with van der Waals surface area (Å²) in [5.41, 5.74) is 3.10. The first-order valence-electron chi connectivity index (χ1n) is 8.01. The summed E-state index contributed by atoms with van der Waals surface area (Å²) in [7, 11) is 1.67. The Balaban J connectivity index is 1.76. The molecule has 3 rings (SSSR count).